The van der Waals surface area contributed by atoms with Crippen LogP contribution in [0.2, 0.25) is 0 Å². The van der Waals surface area contributed by atoms with Crippen LogP contribution >= 0.6 is 11.3 Å². The molecule has 0 amide bonds. The van der Waals surface area contributed by atoms with E-state index in [2.05, 4.69) is 35.6 Å². The summed E-state index contributed by atoms with van der Waals surface area (Å²) < 4.78 is 0. The van der Waals surface area contributed by atoms with Crippen LogP contribution in [0, 0.1) is 0 Å². The number of thiophene rings is 1. The Hall–Kier alpha value is -0.380. The van der Waals surface area contributed by atoms with Crippen LogP contribution in [-0.4, -0.2) is 29.6 Å². The number of nitrogens with two attached hydrogens (primary N) is 1. The summed E-state index contributed by atoms with van der Waals surface area (Å²) in [6.45, 7) is 7.11. The molecule has 2 heterocycles. The summed E-state index contributed by atoms with van der Waals surface area (Å²) in [7, 11) is 0. The number of nitrogens with zero attached hydrogens (tertiary/aromatic N) is 1. The second kappa shape index (κ2) is 6.87. The zero-order valence-corrected chi connectivity index (χ0v) is 13.2. The van der Waals surface area contributed by atoms with Crippen molar-refractivity contribution in [3.05, 3.63) is 22.4 Å². The zero-order valence-electron chi connectivity index (χ0n) is 12.4. The van der Waals surface area contributed by atoms with E-state index in [0.29, 0.717) is 6.04 Å². The molecule has 19 heavy (non-hydrogen) atoms. The molecule has 2 N–H and O–H groups in total. The van der Waals surface area contributed by atoms with E-state index >= 15 is 0 Å². The van der Waals surface area contributed by atoms with Crippen molar-refractivity contribution >= 4 is 11.3 Å². The van der Waals surface area contributed by atoms with Crippen molar-refractivity contribution in [2.24, 2.45) is 5.73 Å². The fourth-order valence-corrected chi connectivity index (χ4v) is 4.35. The van der Waals surface area contributed by atoms with Gasteiger partial charge in [-0.25, -0.2) is 0 Å². The quantitative estimate of drug-likeness (QED) is 0.826. The predicted octanol–water partition coefficient (Wildman–Crippen LogP) is 3.66. The summed E-state index contributed by atoms with van der Waals surface area (Å²) in [5, 5.41) is 4.41. The highest BCUT2D eigenvalue weighted by molar-refractivity contribution is 7.07. The van der Waals surface area contributed by atoms with Crippen molar-refractivity contribution in [3.63, 3.8) is 0 Å². The van der Waals surface area contributed by atoms with Crippen molar-refractivity contribution < 1.29 is 0 Å². The van der Waals surface area contributed by atoms with Crippen LogP contribution in [0.5, 0.6) is 0 Å². The van der Waals surface area contributed by atoms with E-state index in [4.69, 9.17) is 5.73 Å². The maximum Gasteiger partial charge on any atom is 0.0355 e. The molecule has 1 fully saturated rings. The van der Waals surface area contributed by atoms with Crippen LogP contribution in [0.4, 0.5) is 0 Å². The first kappa shape index (κ1) is 15.0. The SMILES string of the molecule is CCC(CC)(C(N)CCc1ccsc1)N1CCCC1. The maximum absolute atomic E-state index is 6.63. The molecule has 1 aromatic rings. The number of hydrogen-bond acceptors (Lipinski definition) is 3. The molecule has 2 nitrogen and oxygen atoms in total. The number of aryl methyl sites for hydroxylation is 1. The molecule has 1 aliphatic heterocycles. The minimum atomic E-state index is 0.229. The van der Waals surface area contributed by atoms with Gasteiger partial charge in [0.25, 0.3) is 0 Å². The first-order valence-corrected chi connectivity index (χ1v) is 8.69. The van der Waals surface area contributed by atoms with Crippen LogP contribution in [-0.2, 0) is 6.42 Å². The van der Waals surface area contributed by atoms with E-state index < -0.39 is 0 Å². The lowest BCUT2D eigenvalue weighted by Gasteiger charge is -2.45. The van der Waals surface area contributed by atoms with E-state index in [1.807, 2.05) is 0 Å². The van der Waals surface area contributed by atoms with Crippen LogP contribution in [0.25, 0.3) is 0 Å². The highest BCUT2D eigenvalue weighted by Crippen LogP contribution is 2.32. The molecule has 1 aromatic heterocycles. The molecular formula is C16H28N2S. The van der Waals surface area contributed by atoms with Gasteiger partial charge in [0.05, 0.1) is 0 Å². The summed E-state index contributed by atoms with van der Waals surface area (Å²) in [6.07, 6.45) is 7.27. The van der Waals surface area contributed by atoms with Crippen molar-refractivity contribution in [1.29, 1.82) is 0 Å². The fraction of sp³-hybridized carbons (Fsp3) is 0.750. The van der Waals surface area contributed by atoms with Gasteiger partial charge in [-0.2, -0.15) is 11.3 Å². The molecule has 108 valence electrons. The monoisotopic (exact) mass is 280 g/mol. The lowest BCUT2D eigenvalue weighted by atomic mass is 9.80. The van der Waals surface area contributed by atoms with E-state index in [-0.39, 0.29) is 5.54 Å². The Kier molecular flexibility index (Phi) is 5.43. The molecule has 1 atom stereocenters. The molecule has 0 aliphatic carbocycles. The van der Waals surface area contributed by atoms with Gasteiger partial charge in [0.2, 0.25) is 0 Å². The molecule has 1 aliphatic rings. The molecule has 3 heteroatoms. The molecule has 0 saturated carbocycles. The Morgan fingerprint density at radius 1 is 1.32 bits per heavy atom. The maximum atomic E-state index is 6.63. The average molecular weight is 280 g/mol. The van der Waals surface area contributed by atoms with Crippen molar-refractivity contribution in [3.8, 4) is 0 Å². The zero-order chi connectivity index (χ0) is 13.7. The third-order valence-corrected chi connectivity index (χ3v) is 5.71. The normalized spacial score (nSPS) is 18.9. The van der Waals surface area contributed by atoms with E-state index in [1.54, 1.807) is 11.3 Å². The topological polar surface area (TPSA) is 29.3 Å². The first-order chi connectivity index (χ1) is 9.23. The number of likely N-dealkylation sites (tertiary alicyclic amines) is 1. The van der Waals surface area contributed by atoms with Crippen LogP contribution in [0.3, 0.4) is 0 Å². The molecule has 0 spiro atoms. The summed E-state index contributed by atoms with van der Waals surface area (Å²) in [5.41, 5.74) is 8.31. The third kappa shape index (κ3) is 3.21. The Balaban J connectivity index is 2.00. The molecular weight excluding hydrogens is 252 g/mol. The summed E-state index contributed by atoms with van der Waals surface area (Å²) in [5.74, 6) is 0. The van der Waals surface area contributed by atoms with Gasteiger partial charge >= 0.3 is 0 Å². The van der Waals surface area contributed by atoms with E-state index in [0.717, 1.165) is 12.8 Å². The summed E-state index contributed by atoms with van der Waals surface area (Å²) in [6, 6.07) is 2.52. The van der Waals surface area contributed by atoms with Crippen molar-refractivity contribution in [2.45, 2.75) is 64.0 Å². The van der Waals surface area contributed by atoms with Gasteiger partial charge < -0.3 is 5.73 Å². The summed E-state index contributed by atoms with van der Waals surface area (Å²) >= 11 is 1.78. The minimum Gasteiger partial charge on any atom is -0.326 e. The van der Waals surface area contributed by atoms with Crippen LogP contribution in [0.1, 0.15) is 51.5 Å². The van der Waals surface area contributed by atoms with E-state index in [1.165, 1.54) is 44.3 Å². The van der Waals surface area contributed by atoms with Gasteiger partial charge in [-0.3, -0.25) is 4.90 Å². The smallest absolute Gasteiger partial charge is 0.0355 e. The number of hydrogen-bond donors (Lipinski definition) is 1. The molecule has 0 aromatic carbocycles. The van der Waals surface area contributed by atoms with Gasteiger partial charge in [0.15, 0.2) is 0 Å². The van der Waals surface area contributed by atoms with Gasteiger partial charge in [0.1, 0.15) is 0 Å². The Bertz CT molecular complexity index is 351. The molecule has 1 unspecified atom stereocenters. The van der Waals surface area contributed by atoms with Gasteiger partial charge in [0, 0.05) is 11.6 Å². The molecule has 2 rings (SSSR count). The third-order valence-electron chi connectivity index (χ3n) is 4.97. The highest BCUT2D eigenvalue weighted by atomic mass is 32.1. The standard InChI is InChI=1S/C16H28N2S/c1-3-16(4-2,18-10-5-6-11-18)15(17)8-7-14-9-12-19-13-14/h9,12-13,15H,3-8,10-11,17H2,1-2H3. The Labute approximate surface area is 122 Å². The minimum absolute atomic E-state index is 0.229. The lowest BCUT2D eigenvalue weighted by molar-refractivity contribution is 0.0738. The highest BCUT2D eigenvalue weighted by Gasteiger charge is 2.39. The van der Waals surface area contributed by atoms with Crippen LogP contribution in [0.15, 0.2) is 16.8 Å². The molecule has 0 bridgehead atoms. The number of rotatable bonds is 7. The van der Waals surface area contributed by atoms with Gasteiger partial charge in [-0.15, -0.1) is 0 Å². The van der Waals surface area contributed by atoms with Crippen LogP contribution < -0.4 is 5.73 Å². The van der Waals surface area contributed by atoms with Crippen molar-refractivity contribution in [2.75, 3.05) is 13.1 Å². The van der Waals surface area contributed by atoms with Crippen molar-refractivity contribution in [1.82, 2.24) is 4.90 Å². The van der Waals surface area contributed by atoms with Gasteiger partial charge in [-0.05, 0) is 74.0 Å². The fourth-order valence-electron chi connectivity index (χ4n) is 3.64. The lowest BCUT2D eigenvalue weighted by Crippen LogP contribution is -2.58. The summed E-state index contributed by atoms with van der Waals surface area (Å²) in [4.78, 5) is 2.67. The van der Waals surface area contributed by atoms with Gasteiger partial charge in [-0.1, -0.05) is 13.8 Å². The molecule has 1 saturated heterocycles. The average Bonchev–Trinajstić information content (AvgIpc) is 3.12. The second-order valence-corrected chi connectivity index (χ2v) is 6.56. The first-order valence-electron chi connectivity index (χ1n) is 7.74. The van der Waals surface area contributed by atoms with E-state index in [9.17, 15) is 0 Å². The Morgan fingerprint density at radius 3 is 2.53 bits per heavy atom. The largest absolute Gasteiger partial charge is 0.326 e. The second-order valence-electron chi connectivity index (χ2n) is 5.78. The molecule has 0 radical (unpaired) electrons. The Morgan fingerprint density at radius 2 is 2.00 bits per heavy atom. The predicted molar refractivity (Wildman–Crippen MR) is 84.7 cm³/mol.